The van der Waals surface area contributed by atoms with Crippen LogP contribution in [0.5, 0.6) is 0 Å². The third kappa shape index (κ3) is 3.57. The molecule has 2 aromatic rings. The first-order valence-corrected chi connectivity index (χ1v) is 9.59. The number of aromatic nitrogens is 1. The Morgan fingerprint density at radius 2 is 1.88 bits per heavy atom. The minimum absolute atomic E-state index is 0.151. The Balaban J connectivity index is 1.51. The van der Waals surface area contributed by atoms with Crippen LogP contribution in [0.25, 0.3) is 0 Å². The zero-order valence-corrected chi connectivity index (χ0v) is 15.1. The second-order valence-electron chi connectivity index (χ2n) is 7.17. The Bertz CT molecular complexity index is 755. The number of hydrogen-bond donors (Lipinski definition) is 0. The first-order valence-electron chi connectivity index (χ1n) is 9.21. The Kier molecular flexibility index (Phi) is 4.76. The molecule has 1 saturated heterocycles. The lowest BCUT2D eigenvalue weighted by atomic mass is 9.84. The van der Waals surface area contributed by atoms with E-state index in [4.69, 9.17) is 16.6 Å². The van der Waals surface area contributed by atoms with E-state index in [0.717, 1.165) is 55.1 Å². The van der Waals surface area contributed by atoms with Crippen molar-refractivity contribution in [2.45, 2.75) is 44.6 Å². The highest BCUT2D eigenvalue weighted by Crippen LogP contribution is 2.36. The molecule has 0 N–H and O–H groups in total. The molecule has 1 aliphatic heterocycles. The molecule has 1 unspecified atom stereocenters. The molecule has 1 amide bonds. The van der Waals surface area contributed by atoms with Gasteiger partial charge in [-0.1, -0.05) is 36.2 Å². The molecule has 3 nitrogen and oxygen atoms in total. The standard InChI is InChI=1S/C21H23ClN2O/c22-17-11-9-15(10-12-17)14-18-6-2-7-19(23-18)20-8-3-13-24(20)21(25)16-4-1-5-16/h2,6-7,9-12,16,20H,1,3-5,8,13-14H2. The highest BCUT2D eigenvalue weighted by atomic mass is 35.5. The molecule has 2 fully saturated rings. The number of rotatable bonds is 4. The Hall–Kier alpha value is -1.87. The van der Waals surface area contributed by atoms with Crippen LogP contribution >= 0.6 is 11.6 Å². The van der Waals surface area contributed by atoms with Crippen molar-refractivity contribution < 1.29 is 4.79 Å². The van der Waals surface area contributed by atoms with E-state index in [1.54, 1.807) is 0 Å². The molecule has 2 heterocycles. The number of likely N-dealkylation sites (tertiary alicyclic amines) is 1. The van der Waals surface area contributed by atoms with Crippen LogP contribution in [0.2, 0.25) is 5.02 Å². The second kappa shape index (κ2) is 7.17. The molecule has 1 aromatic carbocycles. The minimum Gasteiger partial charge on any atom is -0.334 e. The molecule has 1 saturated carbocycles. The Labute approximate surface area is 154 Å². The number of benzene rings is 1. The third-order valence-corrected chi connectivity index (χ3v) is 5.71. The van der Waals surface area contributed by atoms with Gasteiger partial charge in [-0.25, -0.2) is 0 Å². The van der Waals surface area contributed by atoms with Gasteiger partial charge in [0.25, 0.3) is 0 Å². The molecular weight excluding hydrogens is 332 g/mol. The minimum atomic E-state index is 0.151. The Morgan fingerprint density at radius 3 is 2.60 bits per heavy atom. The lowest BCUT2D eigenvalue weighted by Gasteiger charge is -2.32. The van der Waals surface area contributed by atoms with E-state index in [0.29, 0.717) is 5.91 Å². The highest BCUT2D eigenvalue weighted by molar-refractivity contribution is 6.30. The SMILES string of the molecule is O=C(C1CCC1)N1CCCC1c1cccc(Cc2ccc(Cl)cc2)n1. The molecule has 4 rings (SSSR count). The normalized spacial score (nSPS) is 20.5. The number of carbonyl (C=O) groups is 1. The van der Waals surface area contributed by atoms with Gasteiger partial charge >= 0.3 is 0 Å². The van der Waals surface area contributed by atoms with Crippen LogP contribution in [-0.4, -0.2) is 22.3 Å². The average molecular weight is 355 g/mol. The van der Waals surface area contributed by atoms with Crippen molar-refractivity contribution in [3.8, 4) is 0 Å². The molecule has 0 spiro atoms. The summed E-state index contributed by atoms with van der Waals surface area (Å²) < 4.78 is 0. The van der Waals surface area contributed by atoms with Gasteiger partial charge in [0.1, 0.15) is 0 Å². The molecule has 0 bridgehead atoms. The molecule has 1 atom stereocenters. The molecule has 0 radical (unpaired) electrons. The van der Waals surface area contributed by atoms with Crippen molar-refractivity contribution in [1.82, 2.24) is 9.88 Å². The van der Waals surface area contributed by atoms with Crippen LogP contribution in [0.1, 0.15) is 55.1 Å². The molecule has 1 aliphatic carbocycles. The smallest absolute Gasteiger partial charge is 0.226 e. The maximum Gasteiger partial charge on any atom is 0.226 e. The number of pyridine rings is 1. The van der Waals surface area contributed by atoms with Gasteiger partial charge in [0, 0.05) is 29.6 Å². The largest absolute Gasteiger partial charge is 0.334 e. The van der Waals surface area contributed by atoms with Crippen molar-refractivity contribution in [2.24, 2.45) is 5.92 Å². The van der Waals surface area contributed by atoms with Gasteiger partial charge in [-0.2, -0.15) is 0 Å². The summed E-state index contributed by atoms with van der Waals surface area (Å²) in [5.41, 5.74) is 3.28. The van der Waals surface area contributed by atoms with E-state index in [2.05, 4.69) is 23.1 Å². The predicted octanol–water partition coefficient (Wildman–Crippen LogP) is 4.79. The van der Waals surface area contributed by atoms with Crippen LogP contribution in [0.3, 0.4) is 0 Å². The quantitative estimate of drug-likeness (QED) is 0.790. The van der Waals surface area contributed by atoms with E-state index in [1.807, 2.05) is 24.3 Å². The summed E-state index contributed by atoms with van der Waals surface area (Å²) in [5, 5.41) is 0.751. The lowest BCUT2D eigenvalue weighted by molar-refractivity contribution is -0.139. The number of carbonyl (C=O) groups excluding carboxylic acids is 1. The fraction of sp³-hybridized carbons (Fsp3) is 0.429. The van der Waals surface area contributed by atoms with Crippen LogP contribution in [0.4, 0.5) is 0 Å². The molecular formula is C21H23ClN2O. The first kappa shape index (κ1) is 16.6. The summed E-state index contributed by atoms with van der Waals surface area (Å²) in [7, 11) is 0. The van der Waals surface area contributed by atoms with Crippen LogP contribution < -0.4 is 0 Å². The number of halogens is 1. The van der Waals surface area contributed by atoms with Gasteiger partial charge in [0.2, 0.25) is 5.91 Å². The molecule has 25 heavy (non-hydrogen) atoms. The fourth-order valence-corrected chi connectivity index (χ4v) is 3.95. The zero-order chi connectivity index (χ0) is 17.2. The molecule has 1 aromatic heterocycles. The van der Waals surface area contributed by atoms with Gasteiger partial charge < -0.3 is 4.90 Å². The van der Waals surface area contributed by atoms with Gasteiger partial charge in [-0.05, 0) is 55.5 Å². The molecule has 2 aliphatic rings. The average Bonchev–Trinajstić information content (AvgIpc) is 3.05. The fourth-order valence-electron chi connectivity index (χ4n) is 3.82. The predicted molar refractivity (Wildman–Crippen MR) is 99.5 cm³/mol. The first-order chi connectivity index (χ1) is 12.2. The zero-order valence-electron chi connectivity index (χ0n) is 14.3. The van der Waals surface area contributed by atoms with Crippen molar-refractivity contribution in [2.75, 3.05) is 6.54 Å². The van der Waals surface area contributed by atoms with Gasteiger partial charge in [0.05, 0.1) is 11.7 Å². The highest BCUT2D eigenvalue weighted by Gasteiger charge is 2.36. The van der Waals surface area contributed by atoms with E-state index < -0.39 is 0 Å². The topological polar surface area (TPSA) is 33.2 Å². The van der Waals surface area contributed by atoms with Crippen molar-refractivity contribution >= 4 is 17.5 Å². The number of nitrogens with zero attached hydrogens (tertiary/aromatic N) is 2. The molecule has 130 valence electrons. The third-order valence-electron chi connectivity index (χ3n) is 5.46. The van der Waals surface area contributed by atoms with Crippen molar-refractivity contribution in [3.63, 3.8) is 0 Å². The summed E-state index contributed by atoms with van der Waals surface area (Å²) in [4.78, 5) is 19.7. The van der Waals surface area contributed by atoms with Crippen LogP contribution in [0, 0.1) is 5.92 Å². The van der Waals surface area contributed by atoms with Crippen LogP contribution in [-0.2, 0) is 11.2 Å². The van der Waals surface area contributed by atoms with Gasteiger partial charge in [-0.3, -0.25) is 9.78 Å². The van der Waals surface area contributed by atoms with Crippen molar-refractivity contribution in [3.05, 3.63) is 64.4 Å². The lowest BCUT2D eigenvalue weighted by Crippen LogP contribution is -2.38. The monoisotopic (exact) mass is 354 g/mol. The van der Waals surface area contributed by atoms with E-state index >= 15 is 0 Å². The van der Waals surface area contributed by atoms with Crippen molar-refractivity contribution in [1.29, 1.82) is 0 Å². The maximum absolute atomic E-state index is 12.7. The van der Waals surface area contributed by atoms with E-state index in [1.165, 1.54) is 12.0 Å². The van der Waals surface area contributed by atoms with E-state index in [9.17, 15) is 4.79 Å². The van der Waals surface area contributed by atoms with Gasteiger partial charge in [0.15, 0.2) is 0 Å². The number of hydrogen-bond acceptors (Lipinski definition) is 2. The summed E-state index contributed by atoms with van der Waals surface area (Å²) in [6.45, 7) is 0.878. The Morgan fingerprint density at radius 1 is 1.08 bits per heavy atom. The maximum atomic E-state index is 12.7. The summed E-state index contributed by atoms with van der Waals surface area (Å²) in [5.74, 6) is 0.608. The second-order valence-corrected chi connectivity index (χ2v) is 7.61. The summed E-state index contributed by atoms with van der Waals surface area (Å²) in [6, 6.07) is 14.3. The van der Waals surface area contributed by atoms with Gasteiger partial charge in [-0.15, -0.1) is 0 Å². The molecule has 4 heteroatoms. The van der Waals surface area contributed by atoms with E-state index in [-0.39, 0.29) is 12.0 Å². The number of amides is 1. The van der Waals surface area contributed by atoms with Crippen LogP contribution in [0.15, 0.2) is 42.5 Å². The summed E-state index contributed by atoms with van der Waals surface area (Å²) >= 11 is 5.96. The summed E-state index contributed by atoms with van der Waals surface area (Å²) in [6.07, 6.45) is 6.21.